The molecule has 1 atom stereocenters. The molecular formula is C8H13ClO3. The van der Waals surface area contributed by atoms with Gasteiger partial charge in [-0.25, -0.2) is 0 Å². The zero-order chi connectivity index (χ0) is 9.40. The first-order valence-electron chi connectivity index (χ1n) is 3.74. The number of carbonyl (C=O) groups is 1. The monoisotopic (exact) mass is 192 g/mol. The number of halogens is 1. The van der Waals surface area contributed by atoms with E-state index >= 15 is 0 Å². The smallest absolute Gasteiger partial charge is 0.324 e. The van der Waals surface area contributed by atoms with Crippen molar-refractivity contribution in [3.05, 3.63) is 12.7 Å². The van der Waals surface area contributed by atoms with Gasteiger partial charge in [0, 0.05) is 6.61 Å². The van der Waals surface area contributed by atoms with E-state index in [1.54, 1.807) is 6.08 Å². The zero-order valence-electron chi connectivity index (χ0n) is 6.83. The third-order valence-electron chi connectivity index (χ3n) is 1.23. The van der Waals surface area contributed by atoms with Gasteiger partial charge >= 0.3 is 5.97 Å². The number of hydrogen-bond donors (Lipinski definition) is 1. The molecule has 12 heavy (non-hydrogen) atoms. The van der Waals surface area contributed by atoms with Gasteiger partial charge in [0.2, 0.25) is 0 Å². The summed E-state index contributed by atoms with van der Waals surface area (Å²) in [6, 6.07) is 0. The molecule has 0 spiro atoms. The second kappa shape index (κ2) is 7.13. The average molecular weight is 193 g/mol. The quantitative estimate of drug-likeness (QED) is 0.379. The topological polar surface area (TPSA) is 46.5 Å². The van der Waals surface area contributed by atoms with Crippen molar-refractivity contribution in [2.45, 2.75) is 18.2 Å². The Morgan fingerprint density at radius 1 is 1.75 bits per heavy atom. The van der Waals surface area contributed by atoms with E-state index in [4.69, 9.17) is 21.4 Å². The number of hydrogen-bond acceptors (Lipinski definition) is 2. The molecule has 0 saturated heterocycles. The molecule has 0 aromatic heterocycles. The van der Waals surface area contributed by atoms with Crippen LogP contribution in [0.15, 0.2) is 12.7 Å². The van der Waals surface area contributed by atoms with E-state index in [2.05, 4.69) is 6.58 Å². The maximum Gasteiger partial charge on any atom is 0.324 e. The van der Waals surface area contributed by atoms with Gasteiger partial charge < -0.3 is 9.84 Å². The first-order valence-corrected chi connectivity index (χ1v) is 4.17. The third kappa shape index (κ3) is 6.19. The molecule has 0 heterocycles. The van der Waals surface area contributed by atoms with Gasteiger partial charge in [-0.15, -0.1) is 18.2 Å². The fraction of sp³-hybridized carbons (Fsp3) is 0.625. The van der Waals surface area contributed by atoms with Crippen molar-refractivity contribution in [3.8, 4) is 0 Å². The van der Waals surface area contributed by atoms with Crippen LogP contribution < -0.4 is 0 Å². The summed E-state index contributed by atoms with van der Waals surface area (Å²) >= 11 is 5.38. The summed E-state index contributed by atoms with van der Waals surface area (Å²) < 4.78 is 5.00. The highest BCUT2D eigenvalue weighted by Gasteiger charge is 2.12. The maximum atomic E-state index is 10.2. The normalized spacial score (nSPS) is 12.4. The van der Waals surface area contributed by atoms with Crippen LogP contribution in [0, 0.1) is 0 Å². The molecular weight excluding hydrogens is 180 g/mol. The number of carboxylic acids is 1. The zero-order valence-corrected chi connectivity index (χ0v) is 7.59. The van der Waals surface area contributed by atoms with E-state index in [0.717, 1.165) is 12.8 Å². The third-order valence-corrected chi connectivity index (χ3v) is 1.54. The van der Waals surface area contributed by atoms with Crippen LogP contribution in [0.5, 0.6) is 0 Å². The van der Waals surface area contributed by atoms with Gasteiger partial charge in [-0.1, -0.05) is 6.08 Å². The minimum Gasteiger partial charge on any atom is -0.480 e. The molecule has 0 aromatic rings. The van der Waals surface area contributed by atoms with Crippen molar-refractivity contribution < 1.29 is 14.6 Å². The van der Waals surface area contributed by atoms with Crippen LogP contribution in [0.3, 0.4) is 0 Å². The summed E-state index contributed by atoms with van der Waals surface area (Å²) in [7, 11) is 0. The summed E-state index contributed by atoms with van der Waals surface area (Å²) in [6.45, 7) is 4.14. The number of carboxylic acid groups (broad SMARTS) is 1. The summed E-state index contributed by atoms with van der Waals surface area (Å²) in [6.07, 6.45) is 3.52. The van der Waals surface area contributed by atoms with Gasteiger partial charge in [-0.3, -0.25) is 4.79 Å². The Labute approximate surface area is 77.0 Å². The van der Waals surface area contributed by atoms with Crippen LogP contribution in [0.4, 0.5) is 0 Å². The molecule has 0 bridgehead atoms. The van der Waals surface area contributed by atoms with E-state index in [-0.39, 0.29) is 6.61 Å². The summed E-state index contributed by atoms with van der Waals surface area (Å²) in [5, 5.41) is 7.42. The van der Waals surface area contributed by atoms with Crippen molar-refractivity contribution in [2.24, 2.45) is 0 Å². The van der Waals surface area contributed by atoms with Crippen LogP contribution in [0.25, 0.3) is 0 Å². The first-order chi connectivity index (χ1) is 5.68. The summed E-state index contributed by atoms with van der Waals surface area (Å²) in [5.41, 5.74) is 0. The average Bonchev–Trinajstić information content (AvgIpc) is 2.03. The van der Waals surface area contributed by atoms with Crippen LogP contribution in [0.2, 0.25) is 0 Å². The molecule has 0 rings (SSSR count). The lowest BCUT2D eigenvalue weighted by Gasteiger charge is -2.04. The van der Waals surface area contributed by atoms with E-state index in [9.17, 15) is 4.79 Å². The molecule has 1 N–H and O–H groups in total. The minimum absolute atomic E-state index is 0.0635. The molecule has 0 amide bonds. The lowest BCUT2D eigenvalue weighted by atomic mass is 10.3. The Hall–Kier alpha value is -0.540. The molecule has 4 heteroatoms. The van der Waals surface area contributed by atoms with Crippen LogP contribution >= 0.6 is 11.6 Å². The summed E-state index contributed by atoms with van der Waals surface area (Å²) in [4.78, 5) is 10.2. The Kier molecular flexibility index (Phi) is 6.81. The molecule has 0 aliphatic carbocycles. The SMILES string of the molecule is C=CCCCOCC(Cl)C(=O)O. The molecule has 0 aliphatic heterocycles. The predicted molar refractivity (Wildman–Crippen MR) is 47.5 cm³/mol. The standard InChI is InChI=1S/C8H13ClO3/c1-2-3-4-5-12-6-7(9)8(10)11/h2,7H,1,3-6H2,(H,10,11). The van der Waals surface area contributed by atoms with Crippen molar-refractivity contribution in [3.63, 3.8) is 0 Å². The fourth-order valence-corrected chi connectivity index (χ4v) is 0.677. The van der Waals surface area contributed by atoms with E-state index < -0.39 is 11.3 Å². The van der Waals surface area contributed by atoms with Crippen LogP contribution in [0.1, 0.15) is 12.8 Å². The molecule has 0 fully saturated rings. The largest absolute Gasteiger partial charge is 0.480 e. The lowest BCUT2D eigenvalue weighted by molar-refractivity contribution is -0.137. The Morgan fingerprint density at radius 2 is 2.42 bits per heavy atom. The molecule has 3 nitrogen and oxygen atoms in total. The molecule has 0 radical (unpaired) electrons. The number of rotatable bonds is 7. The molecule has 0 aromatic carbocycles. The molecule has 1 unspecified atom stereocenters. The highest BCUT2D eigenvalue weighted by atomic mass is 35.5. The predicted octanol–water partition coefficient (Wildman–Crippen LogP) is 1.66. The van der Waals surface area contributed by atoms with Gasteiger partial charge in [-0.05, 0) is 12.8 Å². The number of unbranched alkanes of at least 4 members (excludes halogenated alkanes) is 1. The summed E-state index contributed by atoms with van der Waals surface area (Å²) in [5.74, 6) is -1.04. The highest BCUT2D eigenvalue weighted by molar-refractivity contribution is 6.29. The first kappa shape index (κ1) is 11.5. The Bertz CT molecular complexity index is 147. The molecule has 0 saturated carbocycles. The number of ether oxygens (including phenoxy) is 1. The molecule has 70 valence electrons. The van der Waals surface area contributed by atoms with Crippen LogP contribution in [-0.4, -0.2) is 29.7 Å². The van der Waals surface area contributed by atoms with Crippen LogP contribution in [-0.2, 0) is 9.53 Å². The van der Waals surface area contributed by atoms with Crippen molar-refractivity contribution in [2.75, 3.05) is 13.2 Å². The lowest BCUT2D eigenvalue weighted by Crippen LogP contribution is -2.19. The highest BCUT2D eigenvalue weighted by Crippen LogP contribution is 1.98. The fourth-order valence-electron chi connectivity index (χ4n) is 0.588. The van der Waals surface area contributed by atoms with Crippen molar-refractivity contribution in [1.82, 2.24) is 0 Å². The van der Waals surface area contributed by atoms with Gasteiger partial charge in [0.25, 0.3) is 0 Å². The van der Waals surface area contributed by atoms with Gasteiger partial charge in [0.05, 0.1) is 6.61 Å². The Balaban J connectivity index is 3.19. The maximum absolute atomic E-state index is 10.2. The van der Waals surface area contributed by atoms with Gasteiger partial charge in [0.1, 0.15) is 0 Å². The second-order valence-electron chi connectivity index (χ2n) is 2.31. The second-order valence-corrected chi connectivity index (χ2v) is 2.84. The van der Waals surface area contributed by atoms with E-state index in [1.807, 2.05) is 0 Å². The van der Waals surface area contributed by atoms with E-state index in [1.165, 1.54) is 0 Å². The van der Waals surface area contributed by atoms with Gasteiger partial charge in [0.15, 0.2) is 5.38 Å². The van der Waals surface area contributed by atoms with Crippen molar-refractivity contribution >= 4 is 17.6 Å². The number of allylic oxidation sites excluding steroid dienone is 1. The minimum atomic E-state index is -1.04. The van der Waals surface area contributed by atoms with E-state index in [0.29, 0.717) is 6.61 Å². The number of aliphatic carboxylic acids is 1. The van der Waals surface area contributed by atoms with Gasteiger partial charge in [-0.2, -0.15) is 0 Å². The van der Waals surface area contributed by atoms with Crippen molar-refractivity contribution in [1.29, 1.82) is 0 Å². The molecule has 0 aliphatic rings. The number of alkyl halides is 1. The Morgan fingerprint density at radius 3 is 2.92 bits per heavy atom.